The lowest BCUT2D eigenvalue weighted by atomic mass is 10.1. The molecule has 0 spiro atoms. The van der Waals surface area contributed by atoms with Crippen LogP contribution in [0, 0.1) is 0 Å². The molecule has 118 valence electrons. The van der Waals surface area contributed by atoms with E-state index in [9.17, 15) is 9.90 Å². The van der Waals surface area contributed by atoms with Crippen LogP contribution in [0.3, 0.4) is 0 Å². The molecule has 1 rings (SSSR count). The van der Waals surface area contributed by atoms with Gasteiger partial charge in [0.2, 0.25) is 0 Å². The van der Waals surface area contributed by atoms with Gasteiger partial charge < -0.3 is 23.8 Å². The molecular formula is C14H28O5Si. The second-order valence-electron chi connectivity index (χ2n) is 7.34. The topological polar surface area (TPSA) is 65.0 Å². The number of rotatable bonds is 5. The van der Waals surface area contributed by atoms with E-state index < -0.39 is 32.4 Å². The molecule has 1 heterocycles. The molecule has 0 aromatic heterocycles. The summed E-state index contributed by atoms with van der Waals surface area (Å²) in [4.78, 5) is 11.0. The summed E-state index contributed by atoms with van der Waals surface area (Å²) in [5.74, 6) is -0.853. The van der Waals surface area contributed by atoms with Crippen LogP contribution < -0.4 is 0 Å². The molecule has 3 unspecified atom stereocenters. The highest BCUT2D eigenvalue weighted by Crippen LogP contribution is 2.37. The molecule has 0 amide bonds. The Labute approximate surface area is 122 Å². The number of carbonyl (C=O) groups is 1. The first-order valence-corrected chi connectivity index (χ1v) is 9.93. The van der Waals surface area contributed by atoms with Gasteiger partial charge in [0, 0.05) is 0 Å². The van der Waals surface area contributed by atoms with E-state index in [1.54, 1.807) is 13.8 Å². The van der Waals surface area contributed by atoms with Gasteiger partial charge in [0.1, 0.15) is 18.3 Å². The Bertz CT molecular complexity index is 348. The van der Waals surface area contributed by atoms with Crippen molar-refractivity contribution in [3.8, 4) is 0 Å². The summed E-state index contributed by atoms with van der Waals surface area (Å²) < 4.78 is 17.0. The molecule has 0 radical (unpaired) electrons. The fourth-order valence-corrected chi connectivity index (χ4v) is 2.85. The fraction of sp³-hybridized carbons (Fsp3) is 0.929. The molecule has 1 fully saturated rings. The maximum Gasteiger partial charge on any atom is 0.192 e. The van der Waals surface area contributed by atoms with E-state index in [0.717, 1.165) is 0 Å². The predicted molar refractivity (Wildman–Crippen MR) is 79.0 cm³/mol. The standard InChI is InChI=1S/C14H28O5Si/c1-13(2,3)20(6,7)17-9-10(16)12-11(8-15)18-14(4,5)19-12/h8,10-12,16H,9H2,1-7H3. The molecule has 6 heteroatoms. The third-order valence-electron chi connectivity index (χ3n) is 4.10. The number of hydrogen-bond donors (Lipinski definition) is 1. The van der Waals surface area contributed by atoms with Gasteiger partial charge >= 0.3 is 0 Å². The number of carbonyl (C=O) groups excluding carboxylic acids is 1. The summed E-state index contributed by atoms with van der Waals surface area (Å²) in [6, 6.07) is 0. The first-order valence-electron chi connectivity index (χ1n) is 7.02. The van der Waals surface area contributed by atoms with E-state index in [1.807, 2.05) is 0 Å². The van der Waals surface area contributed by atoms with Gasteiger partial charge in [-0.1, -0.05) is 20.8 Å². The average molecular weight is 304 g/mol. The molecule has 3 atom stereocenters. The van der Waals surface area contributed by atoms with E-state index in [4.69, 9.17) is 13.9 Å². The maximum atomic E-state index is 11.0. The smallest absolute Gasteiger partial charge is 0.192 e. The highest BCUT2D eigenvalue weighted by molar-refractivity contribution is 6.74. The predicted octanol–water partition coefficient (Wildman–Crippen LogP) is 2.09. The van der Waals surface area contributed by atoms with Gasteiger partial charge in [-0.05, 0) is 32.0 Å². The van der Waals surface area contributed by atoms with Crippen LogP contribution in [-0.4, -0.2) is 50.4 Å². The minimum absolute atomic E-state index is 0.0725. The molecular weight excluding hydrogens is 276 g/mol. The second-order valence-corrected chi connectivity index (χ2v) is 12.1. The third-order valence-corrected chi connectivity index (χ3v) is 8.60. The Balaban J connectivity index is 2.63. The lowest BCUT2D eigenvalue weighted by Gasteiger charge is -2.37. The molecule has 1 aliphatic rings. The fourth-order valence-electron chi connectivity index (χ4n) is 1.83. The number of hydrogen-bond acceptors (Lipinski definition) is 5. The minimum atomic E-state index is -1.93. The molecule has 1 N–H and O–H groups in total. The van der Waals surface area contributed by atoms with Crippen molar-refractivity contribution in [2.45, 2.75) is 76.8 Å². The van der Waals surface area contributed by atoms with Crippen molar-refractivity contribution in [1.29, 1.82) is 0 Å². The Morgan fingerprint density at radius 2 is 1.90 bits per heavy atom. The highest BCUT2D eigenvalue weighted by atomic mass is 28.4. The highest BCUT2D eigenvalue weighted by Gasteiger charge is 2.46. The van der Waals surface area contributed by atoms with Gasteiger partial charge in [-0.25, -0.2) is 0 Å². The van der Waals surface area contributed by atoms with Crippen molar-refractivity contribution in [2.75, 3.05) is 6.61 Å². The van der Waals surface area contributed by atoms with Crippen LogP contribution in [0.4, 0.5) is 0 Å². The molecule has 0 aromatic rings. The van der Waals surface area contributed by atoms with Crippen LogP contribution in [0.15, 0.2) is 0 Å². The first-order chi connectivity index (χ1) is 8.89. The van der Waals surface area contributed by atoms with Gasteiger partial charge in [0.15, 0.2) is 20.4 Å². The summed E-state index contributed by atoms with van der Waals surface area (Å²) in [7, 11) is -1.93. The molecule has 0 saturated carbocycles. The van der Waals surface area contributed by atoms with Gasteiger partial charge in [0.05, 0.1) is 6.61 Å². The molecule has 1 aliphatic heterocycles. The van der Waals surface area contributed by atoms with Crippen LogP contribution in [-0.2, 0) is 18.7 Å². The first kappa shape index (κ1) is 17.8. The van der Waals surface area contributed by atoms with Gasteiger partial charge in [0.25, 0.3) is 0 Å². The van der Waals surface area contributed by atoms with Crippen LogP contribution in [0.2, 0.25) is 18.1 Å². The SMILES string of the molecule is CC1(C)OC(C=O)C(C(O)CO[Si](C)(C)C(C)(C)C)O1. The van der Waals surface area contributed by atoms with Crippen molar-refractivity contribution in [3.63, 3.8) is 0 Å². The van der Waals surface area contributed by atoms with Gasteiger partial charge in [-0.15, -0.1) is 0 Å². The number of aliphatic hydroxyl groups excluding tert-OH is 1. The third kappa shape index (κ3) is 4.11. The Morgan fingerprint density at radius 1 is 1.35 bits per heavy atom. The van der Waals surface area contributed by atoms with Crippen LogP contribution in [0.25, 0.3) is 0 Å². The average Bonchev–Trinajstić information content (AvgIpc) is 2.60. The van der Waals surface area contributed by atoms with Gasteiger partial charge in [-0.3, -0.25) is 0 Å². The van der Waals surface area contributed by atoms with Crippen LogP contribution in [0.5, 0.6) is 0 Å². The van der Waals surface area contributed by atoms with E-state index in [2.05, 4.69) is 33.9 Å². The Hall–Kier alpha value is -0.273. The molecule has 20 heavy (non-hydrogen) atoms. The number of aliphatic hydroxyl groups is 1. The minimum Gasteiger partial charge on any atom is -0.414 e. The van der Waals surface area contributed by atoms with Crippen LogP contribution in [0.1, 0.15) is 34.6 Å². The van der Waals surface area contributed by atoms with Crippen molar-refractivity contribution >= 4 is 14.6 Å². The van der Waals surface area contributed by atoms with E-state index >= 15 is 0 Å². The molecule has 0 aliphatic carbocycles. The lowest BCUT2D eigenvalue weighted by molar-refractivity contribution is -0.158. The summed E-state index contributed by atoms with van der Waals surface area (Å²) in [5, 5.41) is 10.3. The largest absolute Gasteiger partial charge is 0.414 e. The summed E-state index contributed by atoms with van der Waals surface area (Å²) in [6.45, 7) is 14.3. The van der Waals surface area contributed by atoms with Crippen molar-refractivity contribution in [1.82, 2.24) is 0 Å². The zero-order valence-corrected chi connectivity index (χ0v) is 14.6. The second kappa shape index (κ2) is 5.85. The van der Waals surface area contributed by atoms with E-state index in [0.29, 0.717) is 6.29 Å². The molecule has 0 aromatic carbocycles. The lowest BCUT2D eigenvalue weighted by Crippen LogP contribution is -2.46. The summed E-state index contributed by atoms with van der Waals surface area (Å²) >= 11 is 0. The molecule has 0 bridgehead atoms. The Morgan fingerprint density at radius 3 is 2.35 bits per heavy atom. The quantitative estimate of drug-likeness (QED) is 0.622. The summed E-state index contributed by atoms with van der Waals surface area (Å²) in [5.41, 5.74) is 0. The van der Waals surface area contributed by atoms with Gasteiger partial charge in [-0.2, -0.15) is 0 Å². The molecule has 1 saturated heterocycles. The number of ether oxygens (including phenoxy) is 2. The number of aldehydes is 1. The van der Waals surface area contributed by atoms with Crippen LogP contribution >= 0.6 is 0 Å². The van der Waals surface area contributed by atoms with E-state index in [-0.39, 0.29) is 11.6 Å². The Kier molecular flexibility index (Phi) is 5.20. The van der Waals surface area contributed by atoms with Crippen molar-refractivity contribution in [3.05, 3.63) is 0 Å². The van der Waals surface area contributed by atoms with E-state index in [1.165, 1.54) is 0 Å². The maximum absolute atomic E-state index is 11.0. The normalized spacial score (nSPS) is 28.4. The van der Waals surface area contributed by atoms with Crippen molar-refractivity contribution in [2.24, 2.45) is 0 Å². The monoisotopic (exact) mass is 304 g/mol. The zero-order valence-electron chi connectivity index (χ0n) is 13.6. The zero-order chi connectivity index (χ0) is 15.8. The summed E-state index contributed by atoms with van der Waals surface area (Å²) in [6.07, 6.45) is -1.62. The van der Waals surface area contributed by atoms with Crippen molar-refractivity contribution < 1.29 is 23.8 Å². The molecule has 5 nitrogen and oxygen atoms in total.